The summed E-state index contributed by atoms with van der Waals surface area (Å²) < 4.78 is 0. The van der Waals surface area contributed by atoms with Crippen molar-refractivity contribution in [2.75, 3.05) is 23.7 Å². The lowest BCUT2D eigenvalue weighted by molar-refractivity contribution is 0.0938. The number of nitrogen functional groups attached to an aromatic ring is 1. The fourth-order valence-electron chi connectivity index (χ4n) is 5.74. The van der Waals surface area contributed by atoms with Crippen molar-refractivity contribution < 1.29 is 4.79 Å². The van der Waals surface area contributed by atoms with Crippen molar-refractivity contribution in [1.29, 1.82) is 5.26 Å². The standard InChI is InChI=1S/C25H27N7OS/c1-13-10-28-22-21(27)23(34-25(22)29-13)24(33)31-15-5-6-18-14(8-15)2-7-20(19(18)9-26)32-11-16-3-4-17(12-32)30-16/h2,7,10,15-17,30H,3-6,8,11-12,27H2,1H3,(H,31,33)/t15-,16?,17?/m1/s1. The van der Waals surface area contributed by atoms with Crippen LogP contribution in [-0.4, -0.2) is 47.1 Å². The Bertz CT molecular complexity index is 1330. The number of thiophene rings is 1. The number of anilines is 2. The predicted molar refractivity (Wildman–Crippen MR) is 133 cm³/mol. The van der Waals surface area contributed by atoms with Crippen LogP contribution in [0.2, 0.25) is 0 Å². The van der Waals surface area contributed by atoms with Crippen LogP contribution in [0.25, 0.3) is 10.3 Å². The molecule has 2 bridgehead atoms. The van der Waals surface area contributed by atoms with Crippen molar-refractivity contribution in [1.82, 2.24) is 20.6 Å². The fourth-order valence-corrected chi connectivity index (χ4v) is 6.74. The van der Waals surface area contributed by atoms with Gasteiger partial charge in [-0.05, 0) is 56.2 Å². The number of benzene rings is 1. The lowest BCUT2D eigenvalue weighted by atomic mass is 9.84. The molecule has 1 aromatic carbocycles. The Morgan fingerprint density at radius 3 is 2.85 bits per heavy atom. The van der Waals surface area contributed by atoms with Crippen LogP contribution in [0.1, 0.15) is 51.3 Å². The first-order valence-electron chi connectivity index (χ1n) is 11.9. The first-order valence-corrected chi connectivity index (χ1v) is 12.7. The van der Waals surface area contributed by atoms with Crippen LogP contribution >= 0.6 is 11.3 Å². The summed E-state index contributed by atoms with van der Waals surface area (Å²) in [6.45, 7) is 3.79. The number of hydrogen-bond acceptors (Lipinski definition) is 8. The van der Waals surface area contributed by atoms with Gasteiger partial charge in [0, 0.05) is 37.4 Å². The molecule has 0 radical (unpaired) electrons. The Labute approximate surface area is 202 Å². The molecule has 2 unspecified atom stereocenters. The highest BCUT2D eigenvalue weighted by Crippen LogP contribution is 2.35. The van der Waals surface area contributed by atoms with Gasteiger partial charge in [0.1, 0.15) is 21.3 Å². The number of piperazine rings is 1. The molecule has 34 heavy (non-hydrogen) atoms. The van der Waals surface area contributed by atoms with Crippen molar-refractivity contribution >= 4 is 39.0 Å². The maximum absolute atomic E-state index is 13.1. The second-order valence-corrected chi connectivity index (χ2v) is 10.7. The molecule has 2 aliphatic heterocycles. The van der Waals surface area contributed by atoms with Gasteiger partial charge in [0.15, 0.2) is 0 Å². The van der Waals surface area contributed by atoms with Gasteiger partial charge in [-0.1, -0.05) is 6.07 Å². The van der Waals surface area contributed by atoms with Gasteiger partial charge in [0.2, 0.25) is 0 Å². The van der Waals surface area contributed by atoms with E-state index in [0.29, 0.717) is 39.4 Å². The zero-order valence-corrected chi connectivity index (χ0v) is 19.9. The van der Waals surface area contributed by atoms with Gasteiger partial charge in [-0.3, -0.25) is 4.79 Å². The van der Waals surface area contributed by atoms with Crippen LogP contribution in [0, 0.1) is 18.3 Å². The molecular weight excluding hydrogens is 446 g/mol. The Morgan fingerprint density at radius 1 is 1.29 bits per heavy atom. The Hall–Kier alpha value is -3.22. The van der Waals surface area contributed by atoms with Crippen molar-refractivity contribution in [3.63, 3.8) is 0 Å². The van der Waals surface area contributed by atoms with Gasteiger partial charge in [-0.15, -0.1) is 11.3 Å². The minimum absolute atomic E-state index is 0.000286. The average molecular weight is 474 g/mol. The molecule has 2 aromatic heterocycles. The lowest BCUT2D eigenvalue weighted by Crippen LogP contribution is -2.51. The van der Waals surface area contributed by atoms with Crippen LogP contribution in [0.4, 0.5) is 11.4 Å². The summed E-state index contributed by atoms with van der Waals surface area (Å²) in [5, 5.41) is 16.9. The molecule has 2 fully saturated rings. The number of carbonyl (C=O) groups is 1. The molecule has 1 amide bonds. The third-order valence-corrected chi connectivity index (χ3v) is 8.45. The normalized spacial score (nSPS) is 23.5. The third kappa shape index (κ3) is 3.58. The van der Waals surface area contributed by atoms with E-state index < -0.39 is 0 Å². The maximum atomic E-state index is 13.1. The number of nitrogens with zero attached hydrogens (tertiary/aromatic N) is 4. The van der Waals surface area contributed by atoms with E-state index in [0.717, 1.165) is 54.0 Å². The van der Waals surface area contributed by atoms with Crippen molar-refractivity contribution in [2.45, 2.75) is 57.2 Å². The highest BCUT2D eigenvalue weighted by molar-refractivity contribution is 7.21. The van der Waals surface area contributed by atoms with E-state index in [1.807, 2.05) is 6.92 Å². The monoisotopic (exact) mass is 473 g/mol. The van der Waals surface area contributed by atoms with Crippen LogP contribution < -0.4 is 21.3 Å². The number of hydrogen-bond donors (Lipinski definition) is 3. The number of aromatic nitrogens is 2. The molecule has 174 valence electrons. The van der Waals surface area contributed by atoms with Gasteiger partial charge < -0.3 is 21.3 Å². The maximum Gasteiger partial charge on any atom is 0.263 e. The molecule has 1 aliphatic carbocycles. The second kappa shape index (κ2) is 8.22. The lowest BCUT2D eigenvalue weighted by Gasteiger charge is -2.36. The first kappa shape index (κ1) is 21.3. The Balaban J connectivity index is 1.21. The molecule has 0 saturated carbocycles. The minimum Gasteiger partial charge on any atom is -0.396 e. The van der Waals surface area contributed by atoms with Crippen LogP contribution in [0.15, 0.2) is 18.3 Å². The van der Waals surface area contributed by atoms with E-state index in [4.69, 9.17) is 5.73 Å². The summed E-state index contributed by atoms with van der Waals surface area (Å²) in [6.07, 6.45) is 6.38. The zero-order chi connectivity index (χ0) is 23.4. The number of nitriles is 1. The van der Waals surface area contributed by atoms with Gasteiger partial charge >= 0.3 is 0 Å². The van der Waals surface area contributed by atoms with E-state index in [9.17, 15) is 10.1 Å². The summed E-state index contributed by atoms with van der Waals surface area (Å²) in [6, 6.07) is 7.81. The molecule has 3 aromatic rings. The Morgan fingerprint density at radius 2 is 2.09 bits per heavy atom. The molecule has 9 heteroatoms. The average Bonchev–Trinajstić information content (AvgIpc) is 3.35. The van der Waals surface area contributed by atoms with Crippen molar-refractivity contribution in [3.05, 3.63) is 45.6 Å². The van der Waals surface area contributed by atoms with Gasteiger partial charge in [0.25, 0.3) is 5.91 Å². The van der Waals surface area contributed by atoms with Crippen molar-refractivity contribution in [3.8, 4) is 6.07 Å². The number of aryl methyl sites for hydroxylation is 1. The zero-order valence-electron chi connectivity index (χ0n) is 19.1. The molecule has 6 rings (SSSR count). The van der Waals surface area contributed by atoms with Crippen LogP contribution in [0.5, 0.6) is 0 Å². The SMILES string of the molecule is Cc1cnc2c(N)c(C(=O)N[C@@H]3CCc4c(ccc(N5CC6CCC(C5)N6)c4C#N)C3)sc2n1. The summed E-state index contributed by atoms with van der Waals surface area (Å²) in [5.74, 6) is -0.179. The fraction of sp³-hybridized carbons (Fsp3) is 0.440. The number of rotatable bonds is 3. The highest BCUT2D eigenvalue weighted by atomic mass is 32.1. The van der Waals surface area contributed by atoms with Gasteiger partial charge in [-0.2, -0.15) is 5.26 Å². The summed E-state index contributed by atoms with van der Waals surface area (Å²) in [7, 11) is 0. The van der Waals surface area contributed by atoms with E-state index in [2.05, 4.69) is 43.7 Å². The molecule has 8 nitrogen and oxygen atoms in total. The van der Waals surface area contributed by atoms with Gasteiger partial charge in [-0.25, -0.2) is 9.97 Å². The van der Waals surface area contributed by atoms with Crippen LogP contribution in [0.3, 0.4) is 0 Å². The molecule has 3 aliphatic rings. The predicted octanol–water partition coefficient (Wildman–Crippen LogP) is 2.68. The minimum atomic E-state index is -0.179. The number of nitrogens with one attached hydrogen (secondary N) is 2. The molecular formula is C25H27N7OS. The topological polar surface area (TPSA) is 120 Å². The number of nitrogens with two attached hydrogens (primary N) is 1. The molecule has 4 heterocycles. The smallest absolute Gasteiger partial charge is 0.263 e. The highest BCUT2D eigenvalue weighted by Gasteiger charge is 2.34. The second-order valence-electron chi connectivity index (χ2n) is 9.68. The quantitative estimate of drug-likeness (QED) is 0.535. The number of carbonyl (C=O) groups excluding carboxylic acids is 1. The summed E-state index contributed by atoms with van der Waals surface area (Å²) in [5.41, 5.74) is 12.2. The van der Waals surface area contributed by atoms with Gasteiger partial charge in [0.05, 0.1) is 22.6 Å². The molecule has 4 N–H and O–H groups in total. The van der Waals surface area contributed by atoms with Crippen LogP contribution in [-0.2, 0) is 12.8 Å². The Kier molecular flexibility index (Phi) is 5.15. The third-order valence-electron chi connectivity index (χ3n) is 7.37. The van der Waals surface area contributed by atoms with E-state index in [1.54, 1.807) is 6.20 Å². The van der Waals surface area contributed by atoms with E-state index >= 15 is 0 Å². The number of amides is 1. The first-order chi connectivity index (χ1) is 16.5. The summed E-state index contributed by atoms with van der Waals surface area (Å²) in [4.78, 5) is 25.4. The summed E-state index contributed by atoms with van der Waals surface area (Å²) >= 11 is 1.29. The van der Waals surface area contributed by atoms with Crippen molar-refractivity contribution in [2.24, 2.45) is 0 Å². The molecule has 2 saturated heterocycles. The molecule has 0 spiro atoms. The van der Waals surface area contributed by atoms with E-state index in [1.165, 1.54) is 24.2 Å². The number of fused-ring (bicyclic) bond motifs is 4. The molecule has 3 atom stereocenters. The van der Waals surface area contributed by atoms with E-state index in [-0.39, 0.29) is 11.9 Å². The largest absolute Gasteiger partial charge is 0.396 e.